The molecule has 0 bridgehead atoms. The Bertz CT molecular complexity index is 1340. The maximum absolute atomic E-state index is 4.22. The third-order valence-corrected chi connectivity index (χ3v) is 9.21. The predicted octanol–water partition coefficient (Wildman–Crippen LogP) is 2.57. The van der Waals surface area contributed by atoms with E-state index in [1.165, 1.54) is 64.2 Å². The van der Waals surface area contributed by atoms with Gasteiger partial charge in [-0.3, -0.25) is 9.97 Å². The summed E-state index contributed by atoms with van der Waals surface area (Å²) in [5, 5.41) is 0. The third kappa shape index (κ3) is 7.30. The first-order chi connectivity index (χ1) is 17.7. The van der Waals surface area contributed by atoms with Crippen LogP contribution in [0.2, 0.25) is 0 Å². The van der Waals surface area contributed by atoms with E-state index >= 15 is 0 Å². The number of halogens is 2. The van der Waals surface area contributed by atoms with Gasteiger partial charge in [-0.15, -0.1) is 47.0 Å². The van der Waals surface area contributed by atoms with Crippen LogP contribution in [0.15, 0.2) is 127 Å². The molecular formula is C30H26Cl2N2S4Zr. The van der Waals surface area contributed by atoms with Crippen molar-refractivity contribution >= 4 is 58.2 Å². The Hall–Kier alpha value is -0.917. The Balaban J connectivity index is 0.000000254. The summed E-state index contributed by atoms with van der Waals surface area (Å²) in [6, 6.07) is 8.23. The Kier molecular flexibility index (Phi) is 14.0. The van der Waals surface area contributed by atoms with E-state index < -0.39 is 0 Å². The third-order valence-electron chi connectivity index (χ3n) is 6.25. The SMILES string of the molecule is CSC1=CC2=C(c3cccnc3)C=C(SC)C2=C1.CSC1=CC2=C(c3cccnc3)C=C(SC)C2=C1.[Cl-].[Cl-].[Zr+2]. The van der Waals surface area contributed by atoms with Gasteiger partial charge in [-0.25, -0.2) is 0 Å². The van der Waals surface area contributed by atoms with Crippen LogP contribution in [0.3, 0.4) is 0 Å². The number of pyridine rings is 2. The second kappa shape index (κ2) is 15.9. The van der Waals surface area contributed by atoms with Gasteiger partial charge in [0.25, 0.3) is 0 Å². The smallest absolute Gasteiger partial charge is 1.00 e. The van der Waals surface area contributed by atoms with Crippen molar-refractivity contribution in [2.75, 3.05) is 25.0 Å². The van der Waals surface area contributed by atoms with Gasteiger partial charge in [-0.05, 0) is 107 Å². The van der Waals surface area contributed by atoms with Crippen molar-refractivity contribution in [1.29, 1.82) is 0 Å². The fourth-order valence-electron chi connectivity index (χ4n) is 4.49. The zero-order valence-electron chi connectivity index (χ0n) is 21.9. The molecule has 0 fully saturated rings. The van der Waals surface area contributed by atoms with Gasteiger partial charge in [-0.1, -0.05) is 12.1 Å². The molecular weight excluding hydrogens is 679 g/mol. The number of thioether (sulfide) groups is 4. The molecule has 198 valence electrons. The Labute approximate surface area is 280 Å². The van der Waals surface area contributed by atoms with E-state index in [2.05, 4.69) is 83.6 Å². The topological polar surface area (TPSA) is 25.8 Å². The molecule has 0 aliphatic heterocycles. The number of nitrogens with zero attached hydrogens (tertiary/aromatic N) is 2. The van der Waals surface area contributed by atoms with E-state index in [4.69, 9.17) is 0 Å². The van der Waals surface area contributed by atoms with Crippen LogP contribution in [0, 0.1) is 0 Å². The fraction of sp³-hybridized carbons (Fsp3) is 0.133. The molecule has 0 unspecified atom stereocenters. The summed E-state index contributed by atoms with van der Waals surface area (Å²) < 4.78 is 0. The first kappa shape index (κ1) is 34.3. The molecule has 0 radical (unpaired) electrons. The van der Waals surface area contributed by atoms with Gasteiger partial charge in [0.1, 0.15) is 0 Å². The van der Waals surface area contributed by atoms with Crippen LogP contribution in [0.4, 0.5) is 0 Å². The van der Waals surface area contributed by atoms with Gasteiger partial charge in [0, 0.05) is 55.5 Å². The monoisotopic (exact) mass is 702 g/mol. The first-order valence-electron chi connectivity index (χ1n) is 11.4. The molecule has 0 spiro atoms. The van der Waals surface area contributed by atoms with Crippen molar-refractivity contribution in [3.05, 3.63) is 139 Å². The van der Waals surface area contributed by atoms with Crippen molar-refractivity contribution in [1.82, 2.24) is 9.97 Å². The standard InChI is InChI=1S/2C15H13NS2.2ClH.Zr/c2*1-17-11-6-13-12(10-4-3-5-16-9-10)8-15(18-2)14(13)7-11;;;/h2*3-9H,1-2H3;2*1H;/q;;;;+2/p-2. The molecule has 2 heterocycles. The van der Waals surface area contributed by atoms with E-state index in [0.717, 1.165) is 0 Å². The molecule has 39 heavy (non-hydrogen) atoms. The Morgan fingerprint density at radius 2 is 0.923 bits per heavy atom. The van der Waals surface area contributed by atoms with Crippen LogP contribution in [0.1, 0.15) is 11.1 Å². The van der Waals surface area contributed by atoms with E-state index in [-0.39, 0.29) is 51.0 Å². The minimum atomic E-state index is 0. The van der Waals surface area contributed by atoms with Crippen molar-refractivity contribution in [2.24, 2.45) is 0 Å². The summed E-state index contributed by atoms with van der Waals surface area (Å²) in [6.45, 7) is 0. The fourth-order valence-corrected chi connectivity index (χ4v) is 6.68. The molecule has 9 heteroatoms. The molecule has 2 nitrogen and oxygen atoms in total. The zero-order valence-corrected chi connectivity index (χ0v) is 29.1. The second-order valence-corrected chi connectivity index (χ2v) is 11.6. The van der Waals surface area contributed by atoms with E-state index in [0.29, 0.717) is 0 Å². The van der Waals surface area contributed by atoms with E-state index in [1.807, 2.05) is 60.4 Å². The number of fused-ring (bicyclic) bond motifs is 2. The van der Waals surface area contributed by atoms with E-state index in [1.54, 1.807) is 23.5 Å². The summed E-state index contributed by atoms with van der Waals surface area (Å²) in [6.07, 6.45) is 29.7. The number of hydrogen-bond donors (Lipinski definition) is 0. The van der Waals surface area contributed by atoms with Gasteiger partial charge in [0.2, 0.25) is 0 Å². The molecule has 0 N–H and O–H groups in total. The van der Waals surface area contributed by atoms with Crippen molar-refractivity contribution in [3.63, 3.8) is 0 Å². The molecule has 4 aliphatic carbocycles. The molecule has 0 atom stereocenters. The maximum atomic E-state index is 4.22. The molecule has 0 saturated carbocycles. The second-order valence-electron chi connectivity index (χ2n) is 8.18. The van der Waals surface area contributed by atoms with Crippen LogP contribution < -0.4 is 24.8 Å². The average Bonchev–Trinajstić information content (AvgIpc) is 3.69. The molecule has 0 saturated heterocycles. The van der Waals surface area contributed by atoms with Crippen molar-refractivity contribution < 1.29 is 51.0 Å². The van der Waals surface area contributed by atoms with Gasteiger partial charge >= 0.3 is 26.2 Å². The Morgan fingerprint density at radius 3 is 1.23 bits per heavy atom. The zero-order chi connectivity index (χ0) is 25.1. The number of allylic oxidation sites excluding steroid dienone is 12. The van der Waals surface area contributed by atoms with Crippen LogP contribution in [0.25, 0.3) is 11.1 Å². The predicted molar refractivity (Wildman–Crippen MR) is 165 cm³/mol. The average molecular weight is 705 g/mol. The van der Waals surface area contributed by atoms with Gasteiger partial charge in [0.15, 0.2) is 0 Å². The van der Waals surface area contributed by atoms with Crippen molar-refractivity contribution in [3.8, 4) is 0 Å². The van der Waals surface area contributed by atoms with Gasteiger partial charge in [0.05, 0.1) is 0 Å². The number of aromatic nitrogens is 2. The number of hydrogen-bond acceptors (Lipinski definition) is 6. The summed E-state index contributed by atoms with van der Waals surface area (Å²) in [5.41, 5.74) is 10.4. The minimum absolute atomic E-state index is 0. The maximum Gasteiger partial charge on any atom is 2.00 e. The summed E-state index contributed by atoms with van der Waals surface area (Å²) in [5.74, 6) is 0. The quantitative estimate of drug-likeness (QED) is 0.459. The minimum Gasteiger partial charge on any atom is -1.00 e. The number of rotatable bonds is 6. The normalized spacial score (nSPS) is 16.2. The van der Waals surface area contributed by atoms with Crippen molar-refractivity contribution in [2.45, 2.75) is 0 Å². The Morgan fingerprint density at radius 1 is 0.513 bits per heavy atom. The molecule has 4 aliphatic rings. The summed E-state index contributed by atoms with van der Waals surface area (Å²) in [4.78, 5) is 13.8. The molecule has 2 aromatic rings. The molecule has 0 aromatic carbocycles. The van der Waals surface area contributed by atoms with Crippen LogP contribution in [0.5, 0.6) is 0 Å². The van der Waals surface area contributed by atoms with Crippen LogP contribution in [-0.4, -0.2) is 35.0 Å². The van der Waals surface area contributed by atoms with Gasteiger partial charge in [-0.2, -0.15) is 0 Å². The van der Waals surface area contributed by atoms with Crippen LogP contribution >= 0.6 is 47.0 Å². The molecule has 6 rings (SSSR count). The molecule has 0 amide bonds. The van der Waals surface area contributed by atoms with Gasteiger partial charge < -0.3 is 24.8 Å². The molecule has 2 aromatic heterocycles. The van der Waals surface area contributed by atoms with E-state index in [9.17, 15) is 0 Å². The first-order valence-corrected chi connectivity index (χ1v) is 16.3. The largest absolute Gasteiger partial charge is 2.00 e. The van der Waals surface area contributed by atoms with Crippen LogP contribution in [-0.2, 0) is 26.2 Å². The summed E-state index contributed by atoms with van der Waals surface area (Å²) in [7, 11) is 0. The summed E-state index contributed by atoms with van der Waals surface area (Å²) >= 11 is 7.21.